The molecule has 0 radical (unpaired) electrons. The molecule has 0 aromatic heterocycles. The number of benzene rings is 1. The zero-order chi connectivity index (χ0) is 27.2. The van der Waals surface area contributed by atoms with Gasteiger partial charge in [-0.05, 0) is 53.7 Å². The van der Waals surface area contributed by atoms with Gasteiger partial charge in [0.15, 0.2) is 5.92 Å². The second kappa shape index (κ2) is 9.12. The van der Waals surface area contributed by atoms with Crippen LogP contribution in [0.5, 0.6) is 0 Å². The predicted molar refractivity (Wildman–Crippen MR) is 121 cm³/mol. The van der Waals surface area contributed by atoms with E-state index in [1.165, 1.54) is 53.7 Å². The molecule has 12 heteroatoms. The standard InChI is InChI=1S/C24H26N4O8/c1-23(2,3)35-21(33)13(17(29)15(27-25)22(34)36-24(4,5)6)14-16(18(30)26-14)28-19(31)11-9-7-8-10-12(11)20(28)32/h7-10,13-14,16H,1-6H3,(H,26,30)/t13?,14-,16-/m1/s1. The van der Waals surface area contributed by atoms with Crippen LogP contribution in [0, 0.1) is 5.92 Å². The topological polar surface area (TPSA) is 173 Å². The highest BCUT2D eigenvalue weighted by molar-refractivity contribution is 6.64. The number of nitrogens with zero attached hydrogens (tertiary/aromatic N) is 3. The Bertz CT molecular complexity index is 1200. The Morgan fingerprint density at radius 3 is 1.86 bits per heavy atom. The SMILES string of the molecule is CC(C)(C)OC(=O)C(=[N+]=[N-])C(=O)C(C(=O)OC(C)(C)C)[C@H]1NC(=O)[C@@H]1N1C(=O)c2ccccc2C1=O. The molecule has 190 valence electrons. The van der Waals surface area contributed by atoms with Gasteiger partial charge in [0.05, 0.1) is 17.2 Å². The van der Waals surface area contributed by atoms with Gasteiger partial charge in [-0.3, -0.25) is 28.9 Å². The molecule has 3 amide bonds. The van der Waals surface area contributed by atoms with E-state index in [1.807, 2.05) is 0 Å². The van der Waals surface area contributed by atoms with Gasteiger partial charge in [0.25, 0.3) is 17.6 Å². The smallest absolute Gasteiger partial charge is 0.442 e. The van der Waals surface area contributed by atoms with Gasteiger partial charge >= 0.3 is 17.7 Å². The highest BCUT2D eigenvalue weighted by Crippen LogP contribution is 2.32. The molecule has 3 rings (SSSR count). The molecule has 2 aliphatic heterocycles. The van der Waals surface area contributed by atoms with Gasteiger partial charge in [-0.15, -0.1) is 0 Å². The lowest BCUT2D eigenvalue weighted by Crippen LogP contribution is -2.74. The quantitative estimate of drug-likeness (QED) is 0.113. The minimum atomic E-state index is -1.94. The summed E-state index contributed by atoms with van der Waals surface area (Å²) in [7, 11) is 0. The van der Waals surface area contributed by atoms with Gasteiger partial charge in [0, 0.05) is 0 Å². The molecule has 3 atom stereocenters. The first kappa shape index (κ1) is 26.4. The largest absolute Gasteiger partial charge is 0.459 e. The zero-order valence-electron chi connectivity index (χ0n) is 20.6. The van der Waals surface area contributed by atoms with Crippen LogP contribution in [0.25, 0.3) is 5.53 Å². The molecule has 1 unspecified atom stereocenters. The maximum absolute atomic E-state index is 13.4. The van der Waals surface area contributed by atoms with Crippen LogP contribution in [-0.2, 0) is 28.7 Å². The van der Waals surface area contributed by atoms with E-state index in [1.54, 1.807) is 12.1 Å². The molecule has 0 spiro atoms. The Morgan fingerprint density at radius 2 is 1.44 bits per heavy atom. The molecule has 1 N–H and O–H groups in total. The maximum Gasteiger partial charge on any atom is 0.442 e. The molecule has 1 fully saturated rings. The molecular formula is C24H26N4O8. The number of ether oxygens (including phenoxy) is 2. The van der Waals surface area contributed by atoms with Crippen LogP contribution in [0.4, 0.5) is 0 Å². The fraction of sp³-hybridized carbons (Fsp3) is 0.458. The number of carbonyl (C=O) groups excluding carboxylic acids is 6. The average Bonchev–Trinajstić information content (AvgIpc) is 2.97. The third-order valence-corrected chi connectivity index (χ3v) is 5.25. The number of fused-ring (bicyclic) bond motifs is 1. The van der Waals surface area contributed by atoms with E-state index in [4.69, 9.17) is 9.47 Å². The third-order valence-electron chi connectivity index (χ3n) is 5.25. The summed E-state index contributed by atoms with van der Waals surface area (Å²) in [6, 6.07) is 2.90. The first-order valence-electron chi connectivity index (χ1n) is 11.1. The number of hydrogen-bond acceptors (Lipinski definition) is 8. The van der Waals surface area contributed by atoms with Gasteiger partial charge < -0.3 is 20.3 Å². The van der Waals surface area contributed by atoms with Crippen molar-refractivity contribution in [3.63, 3.8) is 0 Å². The van der Waals surface area contributed by atoms with Gasteiger partial charge in [-0.2, -0.15) is 4.79 Å². The molecule has 0 bridgehead atoms. The number of β-lactam (4-membered cyclic amide) rings is 1. The minimum Gasteiger partial charge on any atom is -0.459 e. The lowest BCUT2D eigenvalue weighted by Gasteiger charge is -2.43. The van der Waals surface area contributed by atoms with Crippen LogP contribution in [-0.4, -0.2) is 74.1 Å². The van der Waals surface area contributed by atoms with Crippen molar-refractivity contribution >= 4 is 41.2 Å². The lowest BCUT2D eigenvalue weighted by molar-refractivity contribution is -0.166. The normalized spacial score (nSPS) is 19.9. The summed E-state index contributed by atoms with van der Waals surface area (Å²) in [4.78, 5) is 81.0. The van der Waals surface area contributed by atoms with Crippen molar-refractivity contribution in [3.05, 3.63) is 40.9 Å². The highest BCUT2D eigenvalue weighted by atomic mass is 16.6. The zero-order valence-corrected chi connectivity index (χ0v) is 20.6. The number of nitrogens with one attached hydrogen (secondary N) is 1. The van der Waals surface area contributed by atoms with E-state index in [0.29, 0.717) is 4.90 Å². The number of hydrogen-bond donors (Lipinski definition) is 1. The Balaban J connectivity index is 2.02. The number of ketones is 1. The fourth-order valence-electron chi connectivity index (χ4n) is 3.85. The average molecular weight is 498 g/mol. The summed E-state index contributed by atoms with van der Waals surface area (Å²) >= 11 is 0. The van der Waals surface area contributed by atoms with Crippen LogP contribution < -0.4 is 5.32 Å². The number of rotatable bonds is 6. The van der Waals surface area contributed by atoms with Crippen molar-refractivity contribution in [2.75, 3.05) is 0 Å². The molecule has 0 saturated carbocycles. The van der Waals surface area contributed by atoms with Crippen LogP contribution >= 0.6 is 0 Å². The summed E-state index contributed by atoms with van der Waals surface area (Å²) in [6.45, 7) is 9.13. The molecule has 2 heterocycles. The predicted octanol–water partition coefficient (Wildman–Crippen LogP) is 0.689. The van der Waals surface area contributed by atoms with Crippen molar-refractivity contribution in [2.24, 2.45) is 5.92 Å². The van der Waals surface area contributed by atoms with Crippen LogP contribution in [0.1, 0.15) is 62.3 Å². The van der Waals surface area contributed by atoms with Crippen LogP contribution in [0.15, 0.2) is 24.3 Å². The number of carbonyl (C=O) groups is 6. The summed E-state index contributed by atoms with van der Waals surface area (Å²) in [5.41, 5.74) is 6.30. The Morgan fingerprint density at radius 1 is 0.944 bits per heavy atom. The maximum atomic E-state index is 13.4. The summed E-state index contributed by atoms with van der Waals surface area (Å²) in [6.07, 6.45) is 0. The molecule has 1 saturated heterocycles. The van der Waals surface area contributed by atoms with Crippen molar-refractivity contribution in [3.8, 4) is 0 Å². The van der Waals surface area contributed by atoms with Gasteiger partial charge in [0.1, 0.15) is 17.2 Å². The molecule has 1 aromatic rings. The second-order valence-electron chi connectivity index (χ2n) is 10.3. The number of imide groups is 1. The van der Waals surface area contributed by atoms with Crippen LogP contribution in [0.3, 0.4) is 0 Å². The van der Waals surface area contributed by atoms with Crippen molar-refractivity contribution in [1.29, 1.82) is 0 Å². The molecule has 2 aliphatic rings. The van der Waals surface area contributed by atoms with E-state index in [0.717, 1.165) is 0 Å². The molecule has 0 aliphatic carbocycles. The highest BCUT2D eigenvalue weighted by Gasteiger charge is 2.60. The van der Waals surface area contributed by atoms with E-state index in [2.05, 4.69) is 10.1 Å². The minimum absolute atomic E-state index is 0.0625. The lowest BCUT2D eigenvalue weighted by atomic mass is 9.81. The van der Waals surface area contributed by atoms with Gasteiger partial charge in [-0.1, -0.05) is 12.1 Å². The fourth-order valence-corrected chi connectivity index (χ4v) is 3.85. The van der Waals surface area contributed by atoms with Gasteiger partial charge in [-0.25, -0.2) is 4.79 Å². The second-order valence-corrected chi connectivity index (χ2v) is 10.3. The first-order chi connectivity index (χ1) is 16.6. The third kappa shape index (κ3) is 4.94. The summed E-state index contributed by atoms with van der Waals surface area (Å²) < 4.78 is 10.4. The molecule has 12 nitrogen and oxygen atoms in total. The van der Waals surface area contributed by atoms with Crippen molar-refractivity contribution in [2.45, 2.75) is 64.8 Å². The van der Waals surface area contributed by atoms with Crippen LogP contribution in [0.2, 0.25) is 0 Å². The number of amides is 3. The Kier molecular flexibility index (Phi) is 6.69. The van der Waals surface area contributed by atoms with E-state index in [9.17, 15) is 34.3 Å². The number of Topliss-reactive ketones (excluding diaryl/α,β-unsaturated/α-hetero) is 1. The van der Waals surface area contributed by atoms with E-state index in [-0.39, 0.29) is 11.1 Å². The Labute approximate surface area is 206 Å². The summed E-state index contributed by atoms with van der Waals surface area (Å²) in [5, 5.41) is 2.36. The van der Waals surface area contributed by atoms with E-state index < -0.39 is 70.4 Å². The molecular weight excluding hydrogens is 472 g/mol. The monoisotopic (exact) mass is 498 g/mol. The Hall–Kier alpha value is -4.18. The number of esters is 2. The summed E-state index contributed by atoms with van der Waals surface area (Å²) in [5.74, 6) is -8.08. The van der Waals surface area contributed by atoms with Crippen molar-refractivity contribution < 1.29 is 43.0 Å². The molecule has 1 aromatic carbocycles. The van der Waals surface area contributed by atoms with E-state index >= 15 is 0 Å². The van der Waals surface area contributed by atoms with Crippen molar-refractivity contribution in [1.82, 2.24) is 10.2 Å². The first-order valence-corrected chi connectivity index (χ1v) is 11.1. The van der Waals surface area contributed by atoms with Gasteiger partial charge in [0.2, 0.25) is 5.91 Å². The molecule has 36 heavy (non-hydrogen) atoms.